The van der Waals surface area contributed by atoms with Gasteiger partial charge in [-0.05, 0) is 38.0 Å². The van der Waals surface area contributed by atoms with E-state index in [1.165, 1.54) is 0 Å². The number of hydrogen-bond donors (Lipinski definition) is 2. The van der Waals surface area contributed by atoms with Crippen molar-refractivity contribution in [3.63, 3.8) is 0 Å². The van der Waals surface area contributed by atoms with E-state index in [1.807, 2.05) is 39.0 Å². The van der Waals surface area contributed by atoms with Crippen LogP contribution in [0.4, 0.5) is 5.69 Å². The highest BCUT2D eigenvalue weighted by molar-refractivity contribution is 6.05. The van der Waals surface area contributed by atoms with Crippen molar-refractivity contribution in [1.29, 1.82) is 0 Å². The van der Waals surface area contributed by atoms with Gasteiger partial charge in [-0.25, -0.2) is 0 Å². The lowest BCUT2D eigenvalue weighted by molar-refractivity contribution is 0.102. The highest BCUT2D eigenvalue weighted by atomic mass is 16.1. The zero-order valence-corrected chi connectivity index (χ0v) is 10.3. The van der Waals surface area contributed by atoms with Gasteiger partial charge in [0.1, 0.15) is 0 Å². The molecule has 0 saturated carbocycles. The van der Waals surface area contributed by atoms with Gasteiger partial charge in [0.05, 0.1) is 5.56 Å². The molecule has 0 unspecified atom stereocenters. The normalized spacial score (nSPS) is 10.3. The Hall–Kier alpha value is -2.03. The number of rotatable bonds is 2. The van der Waals surface area contributed by atoms with Crippen LogP contribution in [0.2, 0.25) is 0 Å². The average Bonchev–Trinajstić information content (AvgIpc) is 2.70. The summed E-state index contributed by atoms with van der Waals surface area (Å²) in [5.74, 6) is -0.0684. The lowest BCUT2D eigenvalue weighted by Gasteiger charge is -2.11. The Balaban J connectivity index is 2.28. The van der Waals surface area contributed by atoms with E-state index in [0.29, 0.717) is 5.56 Å². The second-order valence-corrected chi connectivity index (χ2v) is 4.24. The second-order valence-electron chi connectivity index (χ2n) is 4.24. The smallest absolute Gasteiger partial charge is 0.257 e. The van der Waals surface area contributed by atoms with Crippen LogP contribution in [0.3, 0.4) is 0 Å². The molecular weight excluding hydrogens is 212 g/mol. The van der Waals surface area contributed by atoms with Crippen molar-refractivity contribution in [3.8, 4) is 0 Å². The predicted octanol–water partition coefficient (Wildman–Crippen LogP) is 3.19. The highest BCUT2D eigenvalue weighted by Crippen LogP contribution is 2.20. The summed E-state index contributed by atoms with van der Waals surface area (Å²) in [5.41, 5.74) is 4.62. The van der Waals surface area contributed by atoms with E-state index < -0.39 is 0 Å². The van der Waals surface area contributed by atoms with Crippen molar-refractivity contribution in [2.75, 3.05) is 5.32 Å². The fourth-order valence-corrected chi connectivity index (χ4v) is 1.89. The predicted molar refractivity (Wildman–Crippen MR) is 69.4 cm³/mol. The molecule has 2 N–H and O–H groups in total. The summed E-state index contributed by atoms with van der Waals surface area (Å²) >= 11 is 0. The topological polar surface area (TPSA) is 44.9 Å². The van der Waals surface area contributed by atoms with Crippen molar-refractivity contribution in [1.82, 2.24) is 4.98 Å². The molecule has 3 heteroatoms. The number of benzene rings is 1. The molecule has 3 nitrogen and oxygen atoms in total. The van der Waals surface area contributed by atoms with Gasteiger partial charge in [0.2, 0.25) is 0 Å². The molecule has 88 valence electrons. The molecule has 0 saturated heterocycles. The van der Waals surface area contributed by atoms with Crippen LogP contribution in [0.25, 0.3) is 0 Å². The number of amides is 1. The molecule has 0 aliphatic rings. The highest BCUT2D eigenvalue weighted by Gasteiger charge is 2.11. The molecule has 0 fully saturated rings. The van der Waals surface area contributed by atoms with Crippen LogP contribution in [0.15, 0.2) is 30.5 Å². The number of H-pyrrole nitrogens is 1. The molecule has 1 aromatic carbocycles. The number of carbonyl (C=O) groups excluding carboxylic acids is 1. The zero-order chi connectivity index (χ0) is 12.4. The maximum absolute atomic E-state index is 12.1. The number of anilines is 1. The fraction of sp³-hybridized carbons (Fsp3) is 0.214. The summed E-state index contributed by atoms with van der Waals surface area (Å²) in [4.78, 5) is 15.1. The minimum atomic E-state index is -0.0684. The molecule has 0 atom stereocenters. The third-order valence-corrected chi connectivity index (χ3v) is 2.92. The van der Waals surface area contributed by atoms with E-state index in [2.05, 4.69) is 10.3 Å². The summed E-state index contributed by atoms with van der Waals surface area (Å²) in [6.45, 7) is 5.87. The van der Waals surface area contributed by atoms with E-state index in [0.717, 1.165) is 22.5 Å². The Bertz CT molecular complexity index is 535. The van der Waals surface area contributed by atoms with Crippen LogP contribution in [0.1, 0.15) is 27.2 Å². The molecular formula is C14H16N2O. The van der Waals surface area contributed by atoms with Crippen molar-refractivity contribution >= 4 is 11.6 Å². The van der Waals surface area contributed by atoms with Gasteiger partial charge >= 0.3 is 0 Å². The maximum Gasteiger partial charge on any atom is 0.257 e. The molecule has 0 bridgehead atoms. The van der Waals surface area contributed by atoms with E-state index in [-0.39, 0.29) is 5.91 Å². The SMILES string of the molecule is Cc1cccc(C)c1NC(=O)c1cc[nH]c1C. The average molecular weight is 228 g/mol. The van der Waals surface area contributed by atoms with Crippen molar-refractivity contribution in [2.45, 2.75) is 20.8 Å². The first-order chi connectivity index (χ1) is 8.09. The van der Waals surface area contributed by atoms with E-state index in [9.17, 15) is 4.79 Å². The third kappa shape index (κ3) is 2.23. The van der Waals surface area contributed by atoms with Gasteiger partial charge in [-0.2, -0.15) is 0 Å². The monoisotopic (exact) mass is 228 g/mol. The standard InChI is InChI=1S/C14H16N2O/c1-9-5-4-6-10(2)13(9)16-14(17)12-7-8-15-11(12)3/h4-8,15H,1-3H3,(H,16,17). The van der Waals surface area contributed by atoms with Gasteiger partial charge in [-0.15, -0.1) is 0 Å². The van der Waals surface area contributed by atoms with Crippen LogP contribution in [0.5, 0.6) is 0 Å². The Morgan fingerprint density at radius 3 is 2.29 bits per heavy atom. The van der Waals surface area contributed by atoms with E-state index in [4.69, 9.17) is 0 Å². The van der Waals surface area contributed by atoms with Crippen molar-refractivity contribution in [3.05, 3.63) is 52.8 Å². The second kappa shape index (κ2) is 4.45. The van der Waals surface area contributed by atoms with Crippen LogP contribution < -0.4 is 5.32 Å². The molecule has 0 radical (unpaired) electrons. The molecule has 0 spiro atoms. The summed E-state index contributed by atoms with van der Waals surface area (Å²) < 4.78 is 0. The van der Waals surface area contributed by atoms with Gasteiger partial charge in [0.15, 0.2) is 0 Å². The first-order valence-electron chi connectivity index (χ1n) is 5.61. The maximum atomic E-state index is 12.1. The van der Waals surface area contributed by atoms with Crippen molar-refractivity contribution in [2.24, 2.45) is 0 Å². The fourth-order valence-electron chi connectivity index (χ4n) is 1.89. The Morgan fingerprint density at radius 1 is 1.12 bits per heavy atom. The van der Waals surface area contributed by atoms with Gasteiger partial charge in [-0.3, -0.25) is 4.79 Å². The number of para-hydroxylation sites is 1. The first kappa shape index (κ1) is 11.5. The Kier molecular flexibility index (Phi) is 3.00. The van der Waals surface area contributed by atoms with Crippen LogP contribution in [-0.4, -0.2) is 10.9 Å². The Labute approximate surface area is 101 Å². The van der Waals surface area contributed by atoms with E-state index >= 15 is 0 Å². The van der Waals surface area contributed by atoms with Crippen LogP contribution >= 0.6 is 0 Å². The molecule has 17 heavy (non-hydrogen) atoms. The molecule has 0 aliphatic carbocycles. The zero-order valence-electron chi connectivity index (χ0n) is 10.3. The number of nitrogens with one attached hydrogen (secondary N) is 2. The first-order valence-corrected chi connectivity index (χ1v) is 5.61. The summed E-state index contributed by atoms with van der Waals surface area (Å²) in [7, 11) is 0. The Morgan fingerprint density at radius 2 is 1.76 bits per heavy atom. The summed E-state index contributed by atoms with van der Waals surface area (Å²) in [6.07, 6.45) is 1.77. The molecule has 0 aliphatic heterocycles. The summed E-state index contributed by atoms with van der Waals surface area (Å²) in [6, 6.07) is 7.76. The van der Waals surface area contributed by atoms with Gasteiger partial charge in [-0.1, -0.05) is 18.2 Å². The van der Waals surface area contributed by atoms with Crippen LogP contribution in [0, 0.1) is 20.8 Å². The number of aryl methyl sites for hydroxylation is 3. The minimum absolute atomic E-state index is 0.0684. The molecule has 1 heterocycles. The number of aromatic nitrogens is 1. The van der Waals surface area contributed by atoms with Gasteiger partial charge in [0, 0.05) is 17.6 Å². The van der Waals surface area contributed by atoms with E-state index in [1.54, 1.807) is 12.3 Å². The lowest BCUT2D eigenvalue weighted by Crippen LogP contribution is -2.14. The number of hydrogen-bond acceptors (Lipinski definition) is 1. The molecule has 2 aromatic rings. The number of aromatic amines is 1. The third-order valence-electron chi connectivity index (χ3n) is 2.92. The minimum Gasteiger partial charge on any atom is -0.365 e. The quantitative estimate of drug-likeness (QED) is 0.814. The molecule has 1 aromatic heterocycles. The largest absolute Gasteiger partial charge is 0.365 e. The molecule has 2 rings (SSSR count). The van der Waals surface area contributed by atoms with Gasteiger partial charge < -0.3 is 10.3 Å². The molecule has 1 amide bonds. The van der Waals surface area contributed by atoms with Gasteiger partial charge in [0.25, 0.3) is 5.91 Å². The lowest BCUT2D eigenvalue weighted by atomic mass is 10.1. The van der Waals surface area contributed by atoms with Crippen LogP contribution in [-0.2, 0) is 0 Å². The summed E-state index contributed by atoms with van der Waals surface area (Å²) in [5, 5.41) is 2.96. The van der Waals surface area contributed by atoms with Crippen molar-refractivity contribution < 1.29 is 4.79 Å². The number of carbonyl (C=O) groups is 1.